The number of nitrogens with zero attached hydrogens (tertiary/aromatic N) is 2. The fourth-order valence-corrected chi connectivity index (χ4v) is 1.55. The molecule has 1 aromatic heterocycles. The van der Waals surface area contributed by atoms with Crippen LogP contribution in [0, 0.1) is 5.92 Å². The predicted octanol–water partition coefficient (Wildman–Crippen LogP) is 1.67. The lowest BCUT2D eigenvalue weighted by molar-refractivity contribution is -0.292. The van der Waals surface area contributed by atoms with Crippen molar-refractivity contribution < 1.29 is 26.3 Å². The van der Waals surface area contributed by atoms with E-state index in [0.29, 0.717) is 0 Å². The Morgan fingerprint density at radius 2 is 1.72 bits per heavy atom. The number of halogens is 6. The van der Waals surface area contributed by atoms with Gasteiger partial charge in [0.2, 0.25) is 0 Å². The van der Waals surface area contributed by atoms with E-state index in [1.165, 1.54) is 7.05 Å². The van der Waals surface area contributed by atoms with Crippen LogP contribution in [-0.4, -0.2) is 22.1 Å². The molecule has 3 N–H and O–H groups in total. The maximum Gasteiger partial charge on any atom is 0.402 e. The number of nitrogens with one attached hydrogen (secondary N) is 1. The van der Waals surface area contributed by atoms with Crippen molar-refractivity contribution in [3.63, 3.8) is 0 Å². The Kier molecular flexibility index (Phi) is 3.91. The number of nitrogens with two attached hydrogens (primary N) is 1. The number of alkyl halides is 6. The number of aromatic nitrogens is 2. The lowest BCUT2D eigenvalue weighted by atomic mass is 9.94. The molecule has 0 amide bonds. The Bertz CT molecular complexity index is 381. The second-order valence-corrected chi connectivity index (χ2v) is 3.65. The molecule has 0 aromatic carbocycles. The van der Waals surface area contributed by atoms with Gasteiger partial charge in [-0.3, -0.25) is 16.0 Å². The highest BCUT2D eigenvalue weighted by atomic mass is 19.4. The summed E-state index contributed by atoms with van der Waals surface area (Å²) >= 11 is 0. The van der Waals surface area contributed by atoms with Gasteiger partial charge in [0.25, 0.3) is 0 Å². The maximum absolute atomic E-state index is 12.5. The molecule has 1 atom stereocenters. The summed E-state index contributed by atoms with van der Waals surface area (Å²) in [5, 5.41) is 3.52. The molecule has 1 unspecified atom stereocenters. The summed E-state index contributed by atoms with van der Waals surface area (Å²) in [7, 11) is 1.37. The monoisotopic (exact) mass is 276 g/mol. The van der Waals surface area contributed by atoms with Crippen molar-refractivity contribution in [3.8, 4) is 0 Å². The normalized spacial score (nSPS) is 15.2. The minimum atomic E-state index is -5.47. The number of hydrogen-bond donors (Lipinski definition) is 2. The molecule has 1 heterocycles. The number of aryl methyl sites for hydroxylation is 1. The third-order valence-corrected chi connectivity index (χ3v) is 2.30. The number of hydrogen-bond acceptors (Lipinski definition) is 3. The molecular formula is C8H10F6N4. The highest BCUT2D eigenvalue weighted by Crippen LogP contribution is 2.45. The predicted molar refractivity (Wildman–Crippen MR) is 48.9 cm³/mol. The van der Waals surface area contributed by atoms with Gasteiger partial charge in [-0.2, -0.15) is 31.4 Å². The second-order valence-electron chi connectivity index (χ2n) is 3.65. The second kappa shape index (κ2) is 4.76. The average Bonchev–Trinajstić information content (AvgIpc) is 2.56. The zero-order valence-electron chi connectivity index (χ0n) is 9.05. The molecular weight excluding hydrogens is 266 g/mol. The van der Waals surface area contributed by atoms with Crippen LogP contribution in [0.4, 0.5) is 26.3 Å². The van der Waals surface area contributed by atoms with Gasteiger partial charge in [0.1, 0.15) is 0 Å². The third-order valence-electron chi connectivity index (χ3n) is 2.30. The van der Waals surface area contributed by atoms with Gasteiger partial charge in [0.05, 0.1) is 12.2 Å². The molecule has 0 spiro atoms. The van der Waals surface area contributed by atoms with Crippen molar-refractivity contribution in [2.45, 2.75) is 18.4 Å². The van der Waals surface area contributed by atoms with Crippen molar-refractivity contribution in [1.82, 2.24) is 15.2 Å². The molecule has 0 aliphatic carbocycles. The van der Waals surface area contributed by atoms with E-state index in [2.05, 4.69) is 5.10 Å². The molecule has 1 rings (SSSR count). The summed E-state index contributed by atoms with van der Waals surface area (Å²) in [6.07, 6.45) is -9.00. The largest absolute Gasteiger partial charge is 0.402 e. The van der Waals surface area contributed by atoms with E-state index in [1.807, 2.05) is 0 Å². The van der Waals surface area contributed by atoms with E-state index in [0.717, 1.165) is 17.1 Å². The zero-order valence-corrected chi connectivity index (χ0v) is 9.05. The fraction of sp³-hybridized carbons (Fsp3) is 0.625. The first-order valence-corrected chi connectivity index (χ1v) is 4.65. The van der Waals surface area contributed by atoms with Crippen LogP contribution in [0.5, 0.6) is 0 Å². The molecule has 0 bridgehead atoms. The van der Waals surface area contributed by atoms with Crippen molar-refractivity contribution >= 4 is 0 Å². The molecule has 10 heteroatoms. The summed E-state index contributed by atoms with van der Waals surface area (Å²) in [5.41, 5.74) is 1.26. The summed E-state index contributed by atoms with van der Waals surface area (Å²) in [6.45, 7) is 0. The van der Waals surface area contributed by atoms with Gasteiger partial charge in [0, 0.05) is 18.8 Å². The summed E-state index contributed by atoms with van der Waals surface area (Å²) < 4.78 is 76.1. The molecule has 0 fully saturated rings. The zero-order chi connectivity index (χ0) is 14.1. The molecule has 0 saturated carbocycles. The Morgan fingerprint density at radius 3 is 2.00 bits per heavy atom. The third kappa shape index (κ3) is 3.13. The van der Waals surface area contributed by atoms with E-state index in [9.17, 15) is 26.3 Å². The molecule has 1 aromatic rings. The first kappa shape index (κ1) is 14.8. The quantitative estimate of drug-likeness (QED) is 0.501. The van der Waals surface area contributed by atoms with Gasteiger partial charge >= 0.3 is 12.4 Å². The lowest BCUT2D eigenvalue weighted by Crippen LogP contribution is -2.47. The van der Waals surface area contributed by atoms with Crippen LogP contribution in [0.15, 0.2) is 12.4 Å². The molecule has 4 nitrogen and oxygen atoms in total. The Morgan fingerprint density at radius 1 is 1.22 bits per heavy atom. The highest BCUT2D eigenvalue weighted by Gasteiger charge is 2.60. The molecule has 0 radical (unpaired) electrons. The van der Waals surface area contributed by atoms with E-state index in [-0.39, 0.29) is 5.56 Å². The first-order chi connectivity index (χ1) is 8.07. The Balaban J connectivity index is 3.18. The van der Waals surface area contributed by atoms with Crippen LogP contribution in [-0.2, 0) is 7.05 Å². The van der Waals surface area contributed by atoms with E-state index >= 15 is 0 Å². The standard InChI is InChI=1S/C8H10F6N4/c1-18-3-4(2-16-18)5(17-15)6(7(9,10)11)8(12,13)14/h2-3,5-6,17H,15H2,1H3. The minimum Gasteiger partial charge on any atom is -0.275 e. The summed E-state index contributed by atoms with van der Waals surface area (Å²) in [5.74, 6) is 1.22. The van der Waals surface area contributed by atoms with Crippen molar-refractivity contribution in [2.75, 3.05) is 0 Å². The van der Waals surface area contributed by atoms with Crippen LogP contribution in [0.2, 0.25) is 0 Å². The number of rotatable bonds is 3. The summed E-state index contributed by atoms with van der Waals surface area (Å²) in [6, 6.07) is -2.14. The SMILES string of the molecule is Cn1cc(C(NN)C(C(F)(F)F)C(F)(F)F)cn1. The van der Waals surface area contributed by atoms with E-state index in [4.69, 9.17) is 5.84 Å². The molecule has 18 heavy (non-hydrogen) atoms. The van der Waals surface area contributed by atoms with Crippen molar-refractivity contribution in [2.24, 2.45) is 18.8 Å². The van der Waals surface area contributed by atoms with Gasteiger partial charge in [-0.15, -0.1) is 0 Å². The fourth-order valence-electron chi connectivity index (χ4n) is 1.55. The first-order valence-electron chi connectivity index (χ1n) is 4.65. The van der Waals surface area contributed by atoms with Crippen LogP contribution in [0.3, 0.4) is 0 Å². The smallest absolute Gasteiger partial charge is 0.275 e. The average molecular weight is 276 g/mol. The lowest BCUT2D eigenvalue weighted by Gasteiger charge is -2.29. The van der Waals surface area contributed by atoms with Gasteiger partial charge in [-0.1, -0.05) is 0 Å². The van der Waals surface area contributed by atoms with Crippen LogP contribution in [0.25, 0.3) is 0 Å². The van der Waals surface area contributed by atoms with Gasteiger partial charge < -0.3 is 0 Å². The number of hydrazine groups is 1. The van der Waals surface area contributed by atoms with Gasteiger partial charge in [-0.05, 0) is 0 Å². The maximum atomic E-state index is 12.5. The Hall–Kier alpha value is -1.29. The molecule has 0 aliphatic heterocycles. The minimum absolute atomic E-state index is 0.292. The Labute approximate surface area is 97.7 Å². The van der Waals surface area contributed by atoms with Gasteiger partial charge in [0.15, 0.2) is 5.92 Å². The van der Waals surface area contributed by atoms with Crippen molar-refractivity contribution in [3.05, 3.63) is 18.0 Å². The molecule has 104 valence electrons. The topological polar surface area (TPSA) is 55.9 Å². The molecule has 0 aliphatic rings. The van der Waals surface area contributed by atoms with Crippen LogP contribution in [0.1, 0.15) is 11.6 Å². The van der Waals surface area contributed by atoms with E-state index < -0.39 is 24.3 Å². The van der Waals surface area contributed by atoms with Crippen LogP contribution >= 0.6 is 0 Å². The van der Waals surface area contributed by atoms with E-state index in [1.54, 1.807) is 5.43 Å². The van der Waals surface area contributed by atoms with Crippen molar-refractivity contribution in [1.29, 1.82) is 0 Å². The van der Waals surface area contributed by atoms with Crippen LogP contribution < -0.4 is 11.3 Å². The molecule has 0 saturated heterocycles. The highest BCUT2D eigenvalue weighted by molar-refractivity contribution is 5.13. The summed E-state index contributed by atoms with van der Waals surface area (Å²) in [4.78, 5) is 0. The van der Waals surface area contributed by atoms with Gasteiger partial charge in [-0.25, -0.2) is 0 Å².